The number of aromatic nitrogens is 4. The maximum Gasteiger partial charge on any atom is 0.330 e. The summed E-state index contributed by atoms with van der Waals surface area (Å²) in [6, 6.07) is -0.542. The highest BCUT2D eigenvalue weighted by Crippen LogP contribution is 2.29. The number of aliphatic hydroxyl groups excluding tert-OH is 2. The zero-order chi connectivity index (χ0) is 25.7. The van der Waals surface area contributed by atoms with Gasteiger partial charge in [-0.25, -0.2) is 9.59 Å². The second kappa shape index (κ2) is 11.3. The maximum absolute atomic E-state index is 11.7. The first-order valence-electron chi connectivity index (χ1n) is 10.9. The van der Waals surface area contributed by atoms with Gasteiger partial charge in [-0.1, -0.05) is 5.11 Å². The highest BCUT2D eigenvalue weighted by molar-refractivity contribution is 5.03. The van der Waals surface area contributed by atoms with E-state index < -0.39 is 35.3 Å². The van der Waals surface area contributed by atoms with Crippen molar-refractivity contribution in [2.45, 2.75) is 63.8 Å². The lowest BCUT2D eigenvalue weighted by molar-refractivity contribution is -0.0271. The first-order valence-corrected chi connectivity index (χ1v) is 10.9. The molecule has 2 aromatic rings. The van der Waals surface area contributed by atoms with E-state index in [0.717, 1.165) is 0 Å². The van der Waals surface area contributed by atoms with Crippen molar-refractivity contribution in [3.8, 4) is 0 Å². The fourth-order valence-electron chi connectivity index (χ4n) is 3.86. The number of nitrogens with one attached hydrogen (secondary N) is 2. The Labute approximate surface area is 197 Å². The molecule has 2 aromatic heterocycles. The lowest BCUT2D eigenvalue weighted by Gasteiger charge is -2.14. The van der Waals surface area contributed by atoms with Crippen molar-refractivity contribution in [3.63, 3.8) is 0 Å². The molecule has 190 valence electrons. The van der Waals surface area contributed by atoms with Crippen molar-refractivity contribution < 1.29 is 19.7 Å². The van der Waals surface area contributed by atoms with E-state index >= 15 is 0 Å². The largest absolute Gasteiger partial charge is 0.394 e. The van der Waals surface area contributed by atoms with E-state index in [1.54, 1.807) is 13.8 Å². The molecular weight excluding hydrogens is 466 g/mol. The van der Waals surface area contributed by atoms with Gasteiger partial charge in [0.05, 0.1) is 31.5 Å². The lowest BCUT2D eigenvalue weighted by atomic mass is 10.1. The van der Waals surface area contributed by atoms with Crippen LogP contribution in [0.2, 0.25) is 0 Å². The molecule has 0 radical (unpaired) electrons. The molecule has 0 aromatic carbocycles. The van der Waals surface area contributed by atoms with Gasteiger partial charge in [0, 0.05) is 34.9 Å². The number of aryl methyl sites for hydroxylation is 2. The summed E-state index contributed by atoms with van der Waals surface area (Å²) in [4.78, 5) is 52.8. The summed E-state index contributed by atoms with van der Waals surface area (Å²) >= 11 is 0. The van der Waals surface area contributed by atoms with Gasteiger partial charge in [0.2, 0.25) is 0 Å². The first kappa shape index (κ1) is 26.1. The van der Waals surface area contributed by atoms with E-state index in [9.17, 15) is 19.2 Å². The van der Waals surface area contributed by atoms with Crippen LogP contribution in [0.25, 0.3) is 10.4 Å². The molecule has 2 aliphatic rings. The predicted molar refractivity (Wildman–Crippen MR) is 121 cm³/mol. The minimum Gasteiger partial charge on any atom is -0.394 e. The summed E-state index contributed by atoms with van der Waals surface area (Å²) in [5.41, 5.74) is 7.37. The summed E-state index contributed by atoms with van der Waals surface area (Å²) in [6.07, 6.45) is 2.59. The molecule has 0 saturated carbocycles. The summed E-state index contributed by atoms with van der Waals surface area (Å²) < 4.78 is 13.5. The fraction of sp³-hybridized carbons (Fsp3) is 0.600. The van der Waals surface area contributed by atoms with Crippen LogP contribution in [0.4, 0.5) is 0 Å². The Bertz CT molecular complexity index is 1320. The van der Waals surface area contributed by atoms with Crippen LogP contribution in [0.1, 0.15) is 42.8 Å². The minimum atomic E-state index is -0.671. The third-order valence-corrected chi connectivity index (χ3v) is 5.79. The number of azide groups is 1. The Balaban J connectivity index is 0.000000198. The molecule has 15 nitrogen and oxygen atoms in total. The molecule has 0 bridgehead atoms. The van der Waals surface area contributed by atoms with Crippen LogP contribution in [-0.4, -0.2) is 60.8 Å². The van der Waals surface area contributed by atoms with Crippen molar-refractivity contribution in [2.24, 2.45) is 5.11 Å². The average molecular weight is 493 g/mol. The number of aromatic amines is 2. The summed E-state index contributed by atoms with van der Waals surface area (Å²) in [5, 5.41) is 21.6. The Morgan fingerprint density at radius 1 is 0.971 bits per heavy atom. The molecule has 2 aliphatic heterocycles. The molecule has 35 heavy (non-hydrogen) atoms. The van der Waals surface area contributed by atoms with Crippen molar-refractivity contribution in [2.75, 3.05) is 13.2 Å². The topological polar surface area (TPSA) is 217 Å². The van der Waals surface area contributed by atoms with Crippen LogP contribution < -0.4 is 22.5 Å². The smallest absolute Gasteiger partial charge is 0.330 e. The molecular formula is C20H27N7O8. The van der Waals surface area contributed by atoms with Crippen LogP contribution in [-0.2, 0) is 9.47 Å². The first-order chi connectivity index (χ1) is 16.7. The average Bonchev–Trinajstić information content (AvgIpc) is 3.46. The van der Waals surface area contributed by atoms with Crippen LogP contribution in [0.15, 0.2) is 36.7 Å². The Kier molecular flexibility index (Phi) is 8.43. The number of hydrogen-bond acceptors (Lipinski definition) is 9. The minimum absolute atomic E-state index is 0.0480. The van der Waals surface area contributed by atoms with E-state index in [0.29, 0.717) is 24.0 Å². The second-order valence-corrected chi connectivity index (χ2v) is 8.25. The van der Waals surface area contributed by atoms with E-state index in [4.69, 9.17) is 25.2 Å². The van der Waals surface area contributed by atoms with Crippen molar-refractivity contribution in [3.05, 3.63) is 75.6 Å². The Morgan fingerprint density at radius 3 is 2.03 bits per heavy atom. The summed E-state index contributed by atoms with van der Waals surface area (Å²) in [6.45, 7) is 2.84. The molecule has 5 atom stereocenters. The number of hydrogen-bond donors (Lipinski definition) is 4. The van der Waals surface area contributed by atoms with Crippen LogP contribution in [0, 0.1) is 13.8 Å². The molecule has 4 rings (SSSR count). The molecule has 2 saturated heterocycles. The highest BCUT2D eigenvalue weighted by atomic mass is 16.5. The van der Waals surface area contributed by atoms with Crippen LogP contribution in [0.3, 0.4) is 0 Å². The molecule has 15 heteroatoms. The summed E-state index contributed by atoms with van der Waals surface area (Å²) in [7, 11) is 0. The zero-order valence-electron chi connectivity index (χ0n) is 19.2. The molecule has 4 heterocycles. The van der Waals surface area contributed by atoms with Gasteiger partial charge in [-0.2, -0.15) is 0 Å². The van der Waals surface area contributed by atoms with E-state index in [1.807, 2.05) is 0 Å². The third kappa shape index (κ3) is 5.96. The van der Waals surface area contributed by atoms with E-state index in [-0.39, 0.29) is 37.5 Å². The standard InChI is InChI=1S/C10H13N5O4.C10H14N2O4/c1-5-3-15(10(18)12-9(5)17)8-2-6(13-14-11)7(4-16)19-8;1-6-4-12(10(15)11-9(6)14)8-3-2-7(5-13)16-8/h3,6-8,16H,2,4H2,1H3,(H,12,17,18);4,7-8,13H,2-3,5H2,1H3,(H,11,14,15)/t6-,7+,8+;7-,8+/m00/s1. The number of aliphatic hydroxyl groups is 2. The molecule has 2 fully saturated rings. The highest BCUT2D eigenvalue weighted by Gasteiger charge is 2.35. The number of H-pyrrole nitrogens is 2. The molecule has 0 spiro atoms. The van der Waals surface area contributed by atoms with Gasteiger partial charge in [0.1, 0.15) is 12.5 Å². The predicted octanol–water partition coefficient (Wildman–Crippen LogP) is -0.681. The summed E-state index contributed by atoms with van der Waals surface area (Å²) in [5.74, 6) is 0. The molecule has 0 amide bonds. The van der Waals surface area contributed by atoms with Crippen molar-refractivity contribution in [1.29, 1.82) is 0 Å². The SMILES string of the molecule is Cc1cn([C@H]2CC[C@@H](CO)O2)c(=O)[nH]c1=O.Cc1cn([C@H]2C[C@H](N=[N+]=[N-])[C@@H](CO)O2)c(=O)[nH]c1=O. The van der Waals surface area contributed by atoms with Gasteiger partial charge in [-0.05, 0) is 32.2 Å². The lowest BCUT2D eigenvalue weighted by Crippen LogP contribution is -2.33. The Morgan fingerprint density at radius 2 is 1.54 bits per heavy atom. The molecule has 4 N–H and O–H groups in total. The number of rotatable bonds is 5. The van der Waals surface area contributed by atoms with Crippen molar-refractivity contribution in [1.82, 2.24) is 19.1 Å². The van der Waals surface area contributed by atoms with Crippen LogP contribution >= 0.6 is 0 Å². The quantitative estimate of drug-likeness (QED) is 0.237. The van der Waals surface area contributed by atoms with Gasteiger partial charge in [0.25, 0.3) is 11.1 Å². The molecule has 0 unspecified atom stereocenters. The fourth-order valence-corrected chi connectivity index (χ4v) is 3.86. The van der Waals surface area contributed by atoms with E-state index in [1.165, 1.54) is 21.5 Å². The van der Waals surface area contributed by atoms with E-state index in [2.05, 4.69) is 20.0 Å². The zero-order valence-corrected chi connectivity index (χ0v) is 19.2. The van der Waals surface area contributed by atoms with Gasteiger partial charge < -0.3 is 19.7 Å². The monoisotopic (exact) mass is 493 g/mol. The van der Waals surface area contributed by atoms with Gasteiger partial charge in [-0.15, -0.1) is 0 Å². The second-order valence-electron chi connectivity index (χ2n) is 8.25. The Hall–Kier alpha value is -3.49. The number of ether oxygens (including phenoxy) is 2. The molecule has 0 aliphatic carbocycles. The van der Waals surface area contributed by atoms with Crippen molar-refractivity contribution >= 4 is 0 Å². The van der Waals surface area contributed by atoms with Crippen LogP contribution in [0.5, 0.6) is 0 Å². The maximum atomic E-state index is 11.7. The normalized spacial score (nSPS) is 25.5. The number of nitrogens with zero attached hydrogens (tertiary/aromatic N) is 5. The van der Waals surface area contributed by atoms with Gasteiger partial charge >= 0.3 is 11.4 Å². The van der Waals surface area contributed by atoms with Gasteiger partial charge in [-0.3, -0.25) is 28.7 Å². The third-order valence-electron chi connectivity index (χ3n) is 5.79. The van der Waals surface area contributed by atoms with Gasteiger partial charge in [0.15, 0.2) is 0 Å².